The highest BCUT2D eigenvalue weighted by atomic mass is 19.1. The van der Waals surface area contributed by atoms with Crippen molar-refractivity contribution in [3.8, 4) is 0 Å². The van der Waals surface area contributed by atoms with Crippen molar-refractivity contribution in [2.45, 2.75) is 40.0 Å². The van der Waals surface area contributed by atoms with Gasteiger partial charge in [0.15, 0.2) is 0 Å². The number of aryl methyl sites for hydroxylation is 1. The van der Waals surface area contributed by atoms with E-state index in [2.05, 4.69) is 0 Å². The van der Waals surface area contributed by atoms with Crippen LogP contribution in [0, 0.1) is 11.2 Å². The molecule has 1 saturated heterocycles. The Hall–Kier alpha value is -1.91. The number of amides is 2. The van der Waals surface area contributed by atoms with Crippen LogP contribution in [0.3, 0.4) is 0 Å². The molecule has 1 aliphatic heterocycles. The summed E-state index contributed by atoms with van der Waals surface area (Å²) in [6.45, 7) is 8.35. The van der Waals surface area contributed by atoms with Gasteiger partial charge in [0.05, 0.1) is 0 Å². The predicted octanol–water partition coefficient (Wildman–Crippen LogP) is 2.87. The van der Waals surface area contributed by atoms with E-state index >= 15 is 0 Å². The zero-order valence-electron chi connectivity index (χ0n) is 14.8. The van der Waals surface area contributed by atoms with E-state index in [1.165, 1.54) is 12.1 Å². The number of benzene rings is 1. The van der Waals surface area contributed by atoms with Gasteiger partial charge >= 0.3 is 0 Å². The van der Waals surface area contributed by atoms with Crippen LogP contribution in [-0.2, 0) is 16.0 Å². The summed E-state index contributed by atoms with van der Waals surface area (Å²) < 4.78 is 12.9. The van der Waals surface area contributed by atoms with E-state index < -0.39 is 0 Å². The Bertz CT molecular complexity index is 578. The van der Waals surface area contributed by atoms with E-state index in [0.717, 1.165) is 12.0 Å². The monoisotopic (exact) mass is 334 g/mol. The number of carbonyl (C=O) groups is 2. The van der Waals surface area contributed by atoms with Gasteiger partial charge in [0.25, 0.3) is 0 Å². The lowest BCUT2D eigenvalue weighted by Crippen LogP contribution is -2.42. The fourth-order valence-electron chi connectivity index (χ4n) is 2.90. The first-order valence-corrected chi connectivity index (χ1v) is 8.59. The summed E-state index contributed by atoms with van der Waals surface area (Å²) in [4.78, 5) is 28.5. The molecule has 0 aromatic heterocycles. The van der Waals surface area contributed by atoms with E-state index in [-0.39, 0.29) is 23.0 Å². The maximum absolute atomic E-state index is 12.9. The van der Waals surface area contributed by atoms with E-state index in [1.807, 2.05) is 30.6 Å². The van der Waals surface area contributed by atoms with Gasteiger partial charge in [-0.2, -0.15) is 0 Å². The largest absolute Gasteiger partial charge is 0.341 e. The fraction of sp³-hybridized carbons (Fsp3) is 0.579. The summed E-state index contributed by atoms with van der Waals surface area (Å²) in [5.41, 5.74) is 0.575. The SMILES string of the molecule is CC(C)(C)C(=O)N1CCCN(C(=O)CCc2ccc(F)cc2)CC1. The van der Waals surface area contributed by atoms with Gasteiger partial charge < -0.3 is 9.80 Å². The van der Waals surface area contributed by atoms with Crippen LogP contribution in [-0.4, -0.2) is 47.8 Å². The van der Waals surface area contributed by atoms with Crippen LogP contribution >= 0.6 is 0 Å². The van der Waals surface area contributed by atoms with E-state index in [4.69, 9.17) is 0 Å². The summed E-state index contributed by atoms with van der Waals surface area (Å²) in [6, 6.07) is 6.27. The van der Waals surface area contributed by atoms with Crippen molar-refractivity contribution >= 4 is 11.8 Å². The summed E-state index contributed by atoms with van der Waals surface area (Å²) in [6.07, 6.45) is 1.84. The number of hydrogen-bond donors (Lipinski definition) is 0. The smallest absolute Gasteiger partial charge is 0.228 e. The summed E-state index contributed by atoms with van der Waals surface area (Å²) in [5, 5.41) is 0. The second-order valence-corrected chi connectivity index (χ2v) is 7.40. The highest BCUT2D eigenvalue weighted by Gasteiger charge is 2.29. The lowest BCUT2D eigenvalue weighted by Gasteiger charge is -2.28. The van der Waals surface area contributed by atoms with Gasteiger partial charge in [0.2, 0.25) is 11.8 Å². The predicted molar refractivity (Wildman–Crippen MR) is 92.0 cm³/mol. The quantitative estimate of drug-likeness (QED) is 0.853. The third kappa shape index (κ3) is 5.05. The molecule has 1 heterocycles. The molecule has 24 heavy (non-hydrogen) atoms. The topological polar surface area (TPSA) is 40.6 Å². The van der Waals surface area contributed by atoms with Gasteiger partial charge in [-0.15, -0.1) is 0 Å². The Kier molecular flexibility index (Phi) is 5.97. The summed E-state index contributed by atoms with van der Waals surface area (Å²) >= 11 is 0. The van der Waals surface area contributed by atoms with Gasteiger partial charge in [-0.05, 0) is 30.5 Å². The standard InChI is InChI=1S/C19H27FN2O2/c1-19(2,3)18(24)22-12-4-11-21(13-14-22)17(23)10-7-15-5-8-16(20)9-6-15/h5-6,8-9H,4,7,10-14H2,1-3H3. The molecule has 0 unspecified atom stereocenters. The molecule has 1 aliphatic rings. The molecular weight excluding hydrogens is 307 g/mol. The van der Waals surface area contributed by atoms with Crippen molar-refractivity contribution in [3.05, 3.63) is 35.6 Å². The van der Waals surface area contributed by atoms with Gasteiger partial charge in [0, 0.05) is 38.0 Å². The Morgan fingerprint density at radius 1 is 1.00 bits per heavy atom. The van der Waals surface area contributed by atoms with Gasteiger partial charge in [-0.25, -0.2) is 4.39 Å². The highest BCUT2D eigenvalue weighted by molar-refractivity contribution is 5.82. The lowest BCUT2D eigenvalue weighted by molar-refractivity contribution is -0.139. The first kappa shape index (κ1) is 18.4. The van der Waals surface area contributed by atoms with Crippen LogP contribution in [0.1, 0.15) is 39.2 Å². The maximum atomic E-state index is 12.9. The van der Waals surface area contributed by atoms with Crippen molar-refractivity contribution < 1.29 is 14.0 Å². The minimum absolute atomic E-state index is 0.101. The fourth-order valence-corrected chi connectivity index (χ4v) is 2.90. The molecule has 0 N–H and O–H groups in total. The molecule has 132 valence electrons. The molecule has 0 atom stereocenters. The Labute approximate surface area is 143 Å². The average Bonchev–Trinajstić information content (AvgIpc) is 2.78. The summed E-state index contributed by atoms with van der Waals surface area (Å²) in [5.74, 6) is -0.0197. The second-order valence-electron chi connectivity index (χ2n) is 7.40. The molecule has 0 spiro atoms. The Morgan fingerprint density at radius 3 is 2.21 bits per heavy atom. The highest BCUT2D eigenvalue weighted by Crippen LogP contribution is 2.19. The lowest BCUT2D eigenvalue weighted by atomic mass is 9.94. The Balaban J connectivity index is 1.85. The molecule has 0 aliphatic carbocycles. The number of rotatable bonds is 3. The molecule has 0 saturated carbocycles. The first-order valence-electron chi connectivity index (χ1n) is 8.59. The number of nitrogens with zero attached hydrogens (tertiary/aromatic N) is 2. The normalized spacial score (nSPS) is 16.0. The van der Waals surface area contributed by atoms with Crippen LogP contribution in [0.25, 0.3) is 0 Å². The van der Waals surface area contributed by atoms with Gasteiger partial charge in [0.1, 0.15) is 5.82 Å². The summed E-state index contributed by atoms with van der Waals surface area (Å²) in [7, 11) is 0. The van der Waals surface area contributed by atoms with E-state index in [0.29, 0.717) is 39.0 Å². The van der Waals surface area contributed by atoms with Crippen LogP contribution in [0.5, 0.6) is 0 Å². The minimum Gasteiger partial charge on any atom is -0.341 e. The molecule has 2 rings (SSSR count). The zero-order chi connectivity index (χ0) is 17.7. The minimum atomic E-state index is -0.387. The molecule has 1 aromatic rings. The van der Waals surface area contributed by atoms with Crippen molar-refractivity contribution in [3.63, 3.8) is 0 Å². The van der Waals surface area contributed by atoms with Gasteiger partial charge in [-0.3, -0.25) is 9.59 Å². The van der Waals surface area contributed by atoms with E-state index in [1.54, 1.807) is 12.1 Å². The molecule has 2 amide bonds. The second kappa shape index (κ2) is 7.77. The molecule has 1 aromatic carbocycles. The molecule has 0 radical (unpaired) electrons. The van der Waals surface area contributed by atoms with Crippen molar-refractivity contribution in [2.24, 2.45) is 5.41 Å². The molecular formula is C19H27FN2O2. The molecule has 0 bridgehead atoms. The third-order valence-corrected chi connectivity index (χ3v) is 4.32. The zero-order valence-corrected chi connectivity index (χ0v) is 14.8. The average molecular weight is 334 g/mol. The number of hydrogen-bond acceptors (Lipinski definition) is 2. The van der Waals surface area contributed by atoms with Crippen molar-refractivity contribution in [2.75, 3.05) is 26.2 Å². The number of halogens is 1. The van der Waals surface area contributed by atoms with Crippen LogP contribution in [0.15, 0.2) is 24.3 Å². The molecule has 1 fully saturated rings. The maximum Gasteiger partial charge on any atom is 0.228 e. The van der Waals surface area contributed by atoms with Crippen LogP contribution in [0.4, 0.5) is 4.39 Å². The molecule has 4 nitrogen and oxygen atoms in total. The van der Waals surface area contributed by atoms with Crippen LogP contribution < -0.4 is 0 Å². The first-order chi connectivity index (χ1) is 11.3. The van der Waals surface area contributed by atoms with E-state index in [9.17, 15) is 14.0 Å². The number of carbonyl (C=O) groups excluding carboxylic acids is 2. The molecule has 5 heteroatoms. The van der Waals surface area contributed by atoms with Crippen molar-refractivity contribution in [1.82, 2.24) is 9.80 Å². The van der Waals surface area contributed by atoms with Gasteiger partial charge in [-0.1, -0.05) is 32.9 Å². The third-order valence-electron chi connectivity index (χ3n) is 4.32. The van der Waals surface area contributed by atoms with Crippen LogP contribution in [0.2, 0.25) is 0 Å². The Morgan fingerprint density at radius 2 is 1.58 bits per heavy atom. The van der Waals surface area contributed by atoms with Crippen molar-refractivity contribution in [1.29, 1.82) is 0 Å².